The van der Waals surface area contributed by atoms with Crippen molar-refractivity contribution in [2.75, 3.05) is 6.54 Å². The summed E-state index contributed by atoms with van der Waals surface area (Å²) in [4.78, 5) is 0. The summed E-state index contributed by atoms with van der Waals surface area (Å²) in [5.74, 6) is 0. The minimum absolute atomic E-state index is 0.781. The van der Waals surface area contributed by atoms with Gasteiger partial charge in [-0.25, -0.2) is 0 Å². The Balaban J connectivity index is 2.37. The van der Waals surface area contributed by atoms with E-state index in [9.17, 15) is 0 Å². The quantitative estimate of drug-likeness (QED) is 0.818. The van der Waals surface area contributed by atoms with Gasteiger partial charge in [-0.05, 0) is 54.3 Å². The topological polar surface area (TPSA) is 26.0 Å². The lowest BCUT2D eigenvalue weighted by atomic mass is 10.1. The molecule has 0 unspecified atom stereocenters. The summed E-state index contributed by atoms with van der Waals surface area (Å²) in [5, 5.41) is 3.67. The number of benzene rings is 1. The molecule has 0 aliphatic heterocycles. The van der Waals surface area contributed by atoms with E-state index in [1.54, 1.807) is 0 Å². The molecule has 2 rings (SSSR count). The van der Waals surface area contributed by atoms with Crippen molar-refractivity contribution in [1.82, 2.24) is 0 Å². The van der Waals surface area contributed by atoms with Gasteiger partial charge in [0.1, 0.15) is 0 Å². The van der Waals surface area contributed by atoms with Gasteiger partial charge in [-0.2, -0.15) is 0 Å². The Morgan fingerprint density at radius 2 is 2.21 bits per heavy atom. The fraction of sp³-hybridized carbons (Fsp3) is 0.333. The minimum atomic E-state index is 0.781. The van der Waals surface area contributed by atoms with E-state index in [0.717, 1.165) is 19.4 Å². The molecule has 14 heavy (non-hydrogen) atoms. The summed E-state index contributed by atoms with van der Waals surface area (Å²) in [6.45, 7) is 2.92. The second-order valence-electron chi connectivity index (χ2n) is 3.65. The van der Waals surface area contributed by atoms with E-state index >= 15 is 0 Å². The van der Waals surface area contributed by atoms with Crippen LogP contribution in [0.2, 0.25) is 0 Å². The third-order valence-electron chi connectivity index (χ3n) is 2.46. The van der Waals surface area contributed by atoms with Gasteiger partial charge in [-0.15, -0.1) is 11.3 Å². The SMILES string of the molecule is Cc1ccc2c(CCCN)csc2c1. The maximum absolute atomic E-state index is 5.52. The summed E-state index contributed by atoms with van der Waals surface area (Å²) in [6.07, 6.45) is 2.19. The summed E-state index contributed by atoms with van der Waals surface area (Å²) >= 11 is 1.84. The molecule has 0 aliphatic carbocycles. The van der Waals surface area contributed by atoms with E-state index in [4.69, 9.17) is 5.73 Å². The number of aryl methyl sites for hydroxylation is 2. The summed E-state index contributed by atoms with van der Waals surface area (Å²) < 4.78 is 1.40. The molecule has 0 saturated heterocycles. The lowest BCUT2D eigenvalue weighted by Crippen LogP contribution is -1.99. The van der Waals surface area contributed by atoms with E-state index in [0.29, 0.717) is 0 Å². The monoisotopic (exact) mass is 205 g/mol. The van der Waals surface area contributed by atoms with Gasteiger partial charge in [-0.3, -0.25) is 0 Å². The highest BCUT2D eigenvalue weighted by Crippen LogP contribution is 2.27. The third-order valence-corrected chi connectivity index (χ3v) is 3.46. The van der Waals surface area contributed by atoms with Gasteiger partial charge < -0.3 is 5.73 Å². The van der Waals surface area contributed by atoms with Crippen molar-refractivity contribution in [2.24, 2.45) is 5.73 Å². The number of nitrogens with two attached hydrogens (primary N) is 1. The Morgan fingerprint density at radius 3 is 3.00 bits per heavy atom. The molecule has 0 radical (unpaired) electrons. The van der Waals surface area contributed by atoms with Gasteiger partial charge in [0.25, 0.3) is 0 Å². The lowest BCUT2D eigenvalue weighted by molar-refractivity contribution is 0.839. The van der Waals surface area contributed by atoms with Gasteiger partial charge in [0.05, 0.1) is 0 Å². The van der Waals surface area contributed by atoms with Crippen LogP contribution in [0.3, 0.4) is 0 Å². The van der Waals surface area contributed by atoms with E-state index in [-0.39, 0.29) is 0 Å². The molecule has 0 atom stereocenters. The lowest BCUT2D eigenvalue weighted by Gasteiger charge is -1.98. The zero-order valence-corrected chi connectivity index (χ0v) is 9.23. The van der Waals surface area contributed by atoms with Crippen LogP contribution in [-0.2, 0) is 6.42 Å². The second kappa shape index (κ2) is 4.11. The van der Waals surface area contributed by atoms with Crippen molar-refractivity contribution in [2.45, 2.75) is 19.8 Å². The van der Waals surface area contributed by atoms with E-state index in [1.165, 1.54) is 21.2 Å². The Bertz CT molecular complexity index is 431. The molecule has 0 saturated carbocycles. The molecule has 2 heteroatoms. The summed E-state index contributed by atoms with van der Waals surface area (Å²) in [6, 6.07) is 6.67. The van der Waals surface area contributed by atoms with E-state index in [2.05, 4.69) is 30.5 Å². The van der Waals surface area contributed by atoms with E-state index < -0.39 is 0 Å². The third kappa shape index (κ3) is 1.81. The van der Waals surface area contributed by atoms with Crippen LogP contribution < -0.4 is 5.73 Å². The van der Waals surface area contributed by atoms with Crippen LogP contribution in [0, 0.1) is 6.92 Å². The molecule has 2 N–H and O–H groups in total. The van der Waals surface area contributed by atoms with Crippen molar-refractivity contribution < 1.29 is 0 Å². The zero-order chi connectivity index (χ0) is 9.97. The van der Waals surface area contributed by atoms with Crippen molar-refractivity contribution >= 4 is 21.4 Å². The maximum atomic E-state index is 5.52. The molecular formula is C12H15NS. The number of hydrogen-bond acceptors (Lipinski definition) is 2. The van der Waals surface area contributed by atoms with Crippen LogP contribution in [0.1, 0.15) is 17.5 Å². The number of rotatable bonds is 3. The van der Waals surface area contributed by atoms with Gasteiger partial charge in [-0.1, -0.05) is 12.1 Å². The van der Waals surface area contributed by atoms with Gasteiger partial charge in [0.2, 0.25) is 0 Å². The molecule has 1 heterocycles. The maximum Gasteiger partial charge on any atom is 0.0348 e. The second-order valence-corrected chi connectivity index (χ2v) is 4.56. The Hall–Kier alpha value is -0.860. The van der Waals surface area contributed by atoms with Gasteiger partial charge >= 0.3 is 0 Å². The fourth-order valence-electron chi connectivity index (χ4n) is 1.68. The Labute approximate surface area is 88.6 Å². The Morgan fingerprint density at radius 1 is 1.36 bits per heavy atom. The molecule has 0 bridgehead atoms. The normalized spacial score (nSPS) is 11.0. The summed E-state index contributed by atoms with van der Waals surface area (Å²) in [5.41, 5.74) is 8.31. The standard InChI is InChI=1S/C12H15NS/c1-9-4-5-11-10(3-2-6-13)8-14-12(11)7-9/h4-5,7-8H,2-3,6,13H2,1H3. The molecule has 0 fully saturated rings. The Kier molecular flexibility index (Phi) is 2.85. The van der Waals surface area contributed by atoms with Crippen LogP contribution in [-0.4, -0.2) is 6.54 Å². The molecule has 2 aromatic rings. The van der Waals surface area contributed by atoms with Gasteiger partial charge in [0, 0.05) is 4.70 Å². The largest absolute Gasteiger partial charge is 0.330 e. The van der Waals surface area contributed by atoms with Crippen LogP contribution in [0.25, 0.3) is 10.1 Å². The first-order valence-corrected chi connectivity index (χ1v) is 5.86. The molecular weight excluding hydrogens is 190 g/mol. The molecule has 1 nitrogen and oxygen atoms in total. The first-order valence-electron chi connectivity index (χ1n) is 4.98. The first kappa shape index (κ1) is 9.69. The summed E-state index contributed by atoms with van der Waals surface area (Å²) in [7, 11) is 0. The number of thiophene rings is 1. The highest BCUT2D eigenvalue weighted by Gasteiger charge is 2.02. The highest BCUT2D eigenvalue weighted by molar-refractivity contribution is 7.17. The number of fused-ring (bicyclic) bond motifs is 1. The molecule has 1 aromatic carbocycles. The fourth-order valence-corrected chi connectivity index (χ4v) is 2.77. The van der Waals surface area contributed by atoms with Crippen LogP contribution in [0.5, 0.6) is 0 Å². The van der Waals surface area contributed by atoms with E-state index in [1.807, 2.05) is 11.3 Å². The average Bonchev–Trinajstić information content (AvgIpc) is 2.57. The van der Waals surface area contributed by atoms with Crippen LogP contribution >= 0.6 is 11.3 Å². The first-order chi connectivity index (χ1) is 6.81. The predicted octanol–water partition coefficient (Wildman–Crippen LogP) is 3.10. The average molecular weight is 205 g/mol. The van der Waals surface area contributed by atoms with Crippen molar-refractivity contribution in [3.63, 3.8) is 0 Å². The molecule has 1 aromatic heterocycles. The predicted molar refractivity (Wildman–Crippen MR) is 63.9 cm³/mol. The molecule has 0 spiro atoms. The van der Waals surface area contributed by atoms with Crippen LogP contribution in [0.4, 0.5) is 0 Å². The van der Waals surface area contributed by atoms with Crippen LogP contribution in [0.15, 0.2) is 23.6 Å². The molecule has 74 valence electrons. The van der Waals surface area contributed by atoms with Crippen molar-refractivity contribution in [3.8, 4) is 0 Å². The minimum Gasteiger partial charge on any atom is -0.330 e. The zero-order valence-electron chi connectivity index (χ0n) is 8.42. The van der Waals surface area contributed by atoms with Gasteiger partial charge in [0.15, 0.2) is 0 Å². The molecule has 0 amide bonds. The smallest absolute Gasteiger partial charge is 0.0348 e. The van der Waals surface area contributed by atoms with Crippen molar-refractivity contribution in [1.29, 1.82) is 0 Å². The highest BCUT2D eigenvalue weighted by atomic mass is 32.1. The number of hydrogen-bond donors (Lipinski definition) is 1. The molecule has 0 aliphatic rings. The van der Waals surface area contributed by atoms with Crippen molar-refractivity contribution in [3.05, 3.63) is 34.7 Å².